The predicted molar refractivity (Wildman–Crippen MR) is 175 cm³/mol. The van der Waals surface area contributed by atoms with Crippen LogP contribution in [0.1, 0.15) is 54.1 Å². The zero-order valence-corrected chi connectivity index (χ0v) is 26.3. The molecule has 0 atom stereocenters. The number of hydrogen-bond donors (Lipinski definition) is 1. The van der Waals surface area contributed by atoms with Crippen LogP contribution in [0.5, 0.6) is 0 Å². The van der Waals surface area contributed by atoms with Crippen molar-refractivity contribution < 1.29 is 18.0 Å². The van der Waals surface area contributed by atoms with Crippen molar-refractivity contribution in [2.24, 2.45) is 0 Å². The molecule has 5 rings (SSSR count). The van der Waals surface area contributed by atoms with Crippen LogP contribution in [0.25, 0.3) is 11.1 Å². The molecular weight excluding hydrogens is 594 g/mol. The summed E-state index contributed by atoms with van der Waals surface area (Å²) in [5.41, 5.74) is 4.33. The molecule has 7 nitrogen and oxygen atoms in total. The summed E-state index contributed by atoms with van der Waals surface area (Å²) in [5.74, 6) is -0.801. The zero-order valence-electron chi connectivity index (χ0n) is 24.7. The lowest BCUT2D eigenvalue weighted by Gasteiger charge is -2.34. The van der Waals surface area contributed by atoms with Gasteiger partial charge in [0.2, 0.25) is 0 Å². The van der Waals surface area contributed by atoms with Crippen LogP contribution in [0, 0.1) is 0 Å². The molecule has 0 saturated carbocycles. The molecule has 228 valence electrons. The average Bonchev–Trinajstić information content (AvgIpc) is 3.04. The number of halogens is 1. The second-order valence-electron chi connectivity index (χ2n) is 10.9. The van der Waals surface area contributed by atoms with E-state index in [2.05, 4.69) is 17.7 Å². The number of urea groups is 1. The molecule has 44 heavy (non-hydrogen) atoms. The van der Waals surface area contributed by atoms with Crippen LogP contribution in [0.4, 0.5) is 10.5 Å². The number of sulfonamides is 1. The molecule has 9 heteroatoms. The number of nitrogens with one attached hydrogen (secondary N) is 1. The molecule has 0 radical (unpaired) electrons. The Bertz CT molecular complexity index is 1740. The molecule has 3 amide bonds. The summed E-state index contributed by atoms with van der Waals surface area (Å²) in [6.45, 7) is 3.93. The Labute approximate surface area is 264 Å². The van der Waals surface area contributed by atoms with Gasteiger partial charge in [0, 0.05) is 30.9 Å². The van der Waals surface area contributed by atoms with Gasteiger partial charge in [0.15, 0.2) is 0 Å². The standard InChI is InChI=1S/C35H36ClN3O4S/c1-2-3-10-23-38(35(41)39-24-11-13-28-12-4-8-17-32(28)39)25-26-19-21-27(22-20-26)29-14-6-9-18-33(29)44(42,43)37-34(40)30-15-5-7-16-31(30)36/h4-9,12,14-22H,2-3,10-11,13,23-25H2,1H3,(H,37,40). The predicted octanol–water partition coefficient (Wildman–Crippen LogP) is 7.69. The topological polar surface area (TPSA) is 86.8 Å². The van der Waals surface area contributed by atoms with E-state index in [1.807, 2.05) is 52.3 Å². The lowest BCUT2D eigenvalue weighted by Crippen LogP contribution is -2.45. The summed E-state index contributed by atoms with van der Waals surface area (Å²) in [7, 11) is -4.21. The fourth-order valence-electron chi connectivity index (χ4n) is 5.52. The maximum atomic E-state index is 13.9. The number of carbonyl (C=O) groups is 2. The monoisotopic (exact) mass is 629 g/mol. The highest BCUT2D eigenvalue weighted by Crippen LogP contribution is 2.30. The van der Waals surface area contributed by atoms with E-state index in [9.17, 15) is 18.0 Å². The number of rotatable bonds is 10. The van der Waals surface area contributed by atoms with Crippen molar-refractivity contribution in [2.45, 2.75) is 50.5 Å². The lowest BCUT2D eigenvalue weighted by molar-refractivity contribution is 0.0981. The number of nitrogens with zero attached hydrogens (tertiary/aromatic N) is 2. The molecule has 0 aromatic heterocycles. The summed E-state index contributed by atoms with van der Waals surface area (Å²) < 4.78 is 28.8. The second kappa shape index (κ2) is 14.1. The Balaban J connectivity index is 1.36. The third kappa shape index (κ3) is 7.14. The van der Waals surface area contributed by atoms with Gasteiger partial charge >= 0.3 is 6.03 Å². The average molecular weight is 630 g/mol. The largest absolute Gasteiger partial charge is 0.324 e. The number of hydrogen-bond acceptors (Lipinski definition) is 4. The first kappa shape index (κ1) is 31.3. The number of anilines is 1. The zero-order chi connectivity index (χ0) is 31.1. The minimum Gasteiger partial charge on any atom is -0.320 e. The second-order valence-corrected chi connectivity index (χ2v) is 13.0. The van der Waals surface area contributed by atoms with E-state index >= 15 is 0 Å². The van der Waals surface area contributed by atoms with Gasteiger partial charge in [-0.05, 0) is 60.2 Å². The third-order valence-corrected chi connectivity index (χ3v) is 9.52. The molecule has 0 spiro atoms. The maximum absolute atomic E-state index is 13.9. The Kier molecular flexibility index (Phi) is 10.0. The smallest absolute Gasteiger partial charge is 0.320 e. The van der Waals surface area contributed by atoms with Gasteiger partial charge in [-0.3, -0.25) is 9.69 Å². The Morgan fingerprint density at radius 2 is 1.59 bits per heavy atom. The summed E-state index contributed by atoms with van der Waals surface area (Å²) in [6, 6.07) is 28.5. The van der Waals surface area contributed by atoms with E-state index in [-0.39, 0.29) is 21.5 Å². The lowest BCUT2D eigenvalue weighted by atomic mass is 10.0. The minimum absolute atomic E-state index is 0.00281. The molecule has 1 heterocycles. The normalized spacial score (nSPS) is 12.8. The van der Waals surface area contributed by atoms with Crippen LogP contribution in [0.2, 0.25) is 5.02 Å². The van der Waals surface area contributed by atoms with Crippen molar-refractivity contribution in [1.82, 2.24) is 9.62 Å². The molecule has 0 fully saturated rings. The van der Waals surface area contributed by atoms with E-state index in [0.717, 1.165) is 43.4 Å². The highest BCUT2D eigenvalue weighted by Gasteiger charge is 2.27. The first-order valence-corrected chi connectivity index (χ1v) is 16.8. The number of benzene rings is 4. The van der Waals surface area contributed by atoms with Crippen molar-refractivity contribution in [3.8, 4) is 11.1 Å². The molecule has 4 aromatic carbocycles. The summed E-state index contributed by atoms with van der Waals surface area (Å²) in [6.07, 6.45) is 4.92. The molecule has 0 unspecified atom stereocenters. The van der Waals surface area contributed by atoms with Crippen LogP contribution < -0.4 is 9.62 Å². The van der Waals surface area contributed by atoms with E-state index in [1.54, 1.807) is 30.3 Å². The van der Waals surface area contributed by atoms with Crippen molar-refractivity contribution in [3.05, 3.63) is 119 Å². The van der Waals surface area contributed by atoms with Crippen LogP contribution in [0.15, 0.2) is 102 Å². The van der Waals surface area contributed by atoms with Gasteiger partial charge in [-0.1, -0.05) is 104 Å². The minimum atomic E-state index is -4.21. The van der Waals surface area contributed by atoms with Crippen LogP contribution in [-0.2, 0) is 23.0 Å². The number of carbonyl (C=O) groups excluding carboxylic acids is 2. The number of aryl methyl sites for hydroxylation is 1. The highest BCUT2D eigenvalue weighted by molar-refractivity contribution is 7.90. The van der Waals surface area contributed by atoms with Gasteiger partial charge in [-0.2, -0.15) is 0 Å². The fourth-order valence-corrected chi connectivity index (χ4v) is 6.94. The van der Waals surface area contributed by atoms with Crippen molar-refractivity contribution >= 4 is 39.2 Å². The molecule has 4 aromatic rings. The van der Waals surface area contributed by atoms with Gasteiger partial charge < -0.3 is 4.90 Å². The Hall–Kier alpha value is -4.14. The number of fused-ring (bicyclic) bond motifs is 1. The van der Waals surface area contributed by atoms with Gasteiger partial charge in [-0.25, -0.2) is 17.9 Å². The van der Waals surface area contributed by atoms with E-state index in [1.165, 1.54) is 23.8 Å². The van der Waals surface area contributed by atoms with Crippen molar-refractivity contribution in [3.63, 3.8) is 0 Å². The summed E-state index contributed by atoms with van der Waals surface area (Å²) >= 11 is 6.11. The fraction of sp³-hybridized carbons (Fsp3) is 0.257. The van der Waals surface area contributed by atoms with Gasteiger partial charge in [0.1, 0.15) is 0 Å². The summed E-state index contributed by atoms with van der Waals surface area (Å²) in [4.78, 5) is 30.4. The number of unbranched alkanes of at least 4 members (excludes halogenated alkanes) is 2. The van der Waals surface area contributed by atoms with Crippen LogP contribution in [-0.4, -0.2) is 38.3 Å². The number of amides is 3. The molecule has 1 N–H and O–H groups in total. The SMILES string of the molecule is CCCCCN(Cc1ccc(-c2ccccc2S(=O)(=O)NC(=O)c2ccccc2Cl)cc1)C(=O)N1CCCc2ccccc21. The van der Waals surface area contributed by atoms with E-state index in [0.29, 0.717) is 30.8 Å². The van der Waals surface area contributed by atoms with Crippen molar-refractivity contribution in [1.29, 1.82) is 0 Å². The van der Waals surface area contributed by atoms with Crippen molar-refractivity contribution in [2.75, 3.05) is 18.0 Å². The molecule has 1 aliphatic rings. The van der Waals surface area contributed by atoms with Crippen LogP contribution in [0.3, 0.4) is 0 Å². The molecule has 0 saturated heterocycles. The quantitative estimate of drug-likeness (QED) is 0.182. The first-order valence-electron chi connectivity index (χ1n) is 14.9. The first-order chi connectivity index (χ1) is 21.3. The Morgan fingerprint density at radius 1 is 0.886 bits per heavy atom. The molecular formula is C35H36ClN3O4S. The molecule has 1 aliphatic heterocycles. The Morgan fingerprint density at radius 3 is 2.36 bits per heavy atom. The van der Waals surface area contributed by atoms with Gasteiger partial charge in [0.25, 0.3) is 15.9 Å². The van der Waals surface area contributed by atoms with Gasteiger partial charge in [-0.15, -0.1) is 0 Å². The van der Waals surface area contributed by atoms with E-state index in [4.69, 9.17) is 11.6 Å². The van der Waals surface area contributed by atoms with Gasteiger partial charge in [0.05, 0.1) is 15.5 Å². The summed E-state index contributed by atoms with van der Waals surface area (Å²) in [5, 5.41) is 0.163. The highest BCUT2D eigenvalue weighted by atomic mass is 35.5. The van der Waals surface area contributed by atoms with E-state index < -0.39 is 15.9 Å². The maximum Gasteiger partial charge on any atom is 0.324 e. The van der Waals surface area contributed by atoms with Crippen LogP contribution >= 0.6 is 11.6 Å². The molecule has 0 bridgehead atoms. The third-order valence-electron chi connectivity index (χ3n) is 7.80. The number of para-hydroxylation sites is 1. The molecule has 0 aliphatic carbocycles.